The first kappa shape index (κ1) is 13.8. The topological polar surface area (TPSA) is 101 Å². The van der Waals surface area contributed by atoms with Crippen molar-refractivity contribution in [2.45, 2.75) is 0 Å². The summed E-state index contributed by atoms with van der Waals surface area (Å²) in [6, 6.07) is 7.65. The molecule has 0 saturated heterocycles. The summed E-state index contributed by atoms with van der Waals surface area (Å²) in [6.45, 7) is 0. The maximum absolute atomic E-state index is 10.7. The van der Waals surface area contributed by atoms with E-state index in [0.29, 0.717) is 5.82 Å². The lowest BCUT2D eigenvalue weighted by molar-refractivity contribution is -0.385. The highest BCUT2D eigenvalue weighted by molar-refractivity contribution is 6.31. The van der Waals surface area contributed by atoms with Crippen molar-refractivity contribution in [3.8, 4) is 5.75 Å². The van der Waals surface area contributed by atoms with Crippen LogP contribution in [0.3, 0.4) is 0 Å². The van der Waals surface area contributed by atoms with Crippen molar-refractivity contribution >= 4 is 29.3 Å². The van der Waals surface area contributed by atoms with Crippen LogP contribution in [-0.4, -0.2) is 21.2 Å². The SMILES string of the molecule is O=[N+]([O-])c1cc(Cl)cc(/C=N\Nc2ccccn2)c1O. The quantitative estimate of drug-likeness (QED) is 0.512. The second kappa shape index (κ2) is 5.98. The number of phenols is 1. The monoisotopic (exact) mass is 292 g/mol. The van der Waals surface area contributed by atoms with Crippen LogP contribution < -0.4 is 5.43 Å². The van der Waals surface area contributed by atoms with Crippen LogP contribution in [0.1, 0.15) is 5.56 Å². The molecule has 0 aliphatic rings. The van der Waals surface area contributed by atoms with Gasteiger partial charge in [0.05, 0.1) is 11.1 Å². The van der Waals surface area contributed by atoms with Crippen LogP contribution >= 0.6 is 11.6 Å². The summed E-state index contributed by atoms with van der Waals surface area (Å²) in [4.78, 5) is 14.0. The fraction of sp³-hybridized carbons (Fsp3) is 0. The van der Waals surface area contributed by atoms with E-state index in [-0.39, 0.29) is 10.6 Å². The van der Waals surface area contributed by atoms with Crippen LogP contribution in [0.4, 0.5) is 11.5 Å². The highest BCUT2D eigenvalue weighted by atomic mass is 35.5. The number of hydrazone groups is 1. The third kappa shape index (κ3) is 3.21. The van der Waals surface area contributed by atoms with Gasteiger partial charge in [-0.15, -0.1) is 0 Å². The minimum Gasteiger partial charge on any atom is -0.502 e. The van der Waals surface area contributed by atoms with Crippen LogP contribution in [0.5, 0.6) is 5.75 Å². The lowest BCUT2D eigenvalue weighted by Crippen LogP contribution is -1.95. The number of aromatic nitrogens is 1. The number of phenolic OH excluding ortho intramolecular Hbond substituents is 1. The fourth-order valence-electron chi connectivity index (χ4n) is 1.44. The normalized spacial score (nSPS) is 10.7. The molecular weight excluding hydrogens is 284 g/mol. The van der Waals surface area contributed by atoms with Gasteiger partial charge in [0.1, 0.15) is 5.82 Å². The Balaban J connectivity index is 2.23. The van der Waals surface area contributed by atoms with Crippen LogP contribution in [0, 0.1) is 10.1 Å². The molecular formula is C12H9ClN4O3. The van der Waals surface area contributed by atoms with Crippen LogP contribution in [0.25, 0.3) is 0 Å². The standard InChI is InChI=1S/C12H9ClN4O3/c13-9-5-8(12(18)10(6-9)17(19)20)7-15-16-11-3-1-2-4-14-11/h1-7,18H,(H,14,16)/b15-7-. The number of hydrogen-bond acceptors (Lipinski definition) is 6. The van der Waals surface area contributed by atoms with E-state index in [1.54, 1.807) is 24.4 Å². The van der Waals surface area contributed by atoms with E-state index in [1.807, 2.05) is 0 Å². The van der Waals surface area contributed by atoms with E-state index in [2.05, 4.69) is 15.5 Å². The van der Waals surface area contributed by atoms with Gasteiger partial charge in [0.25, 0.3) is 0 Å². The smallest absolute Gasteiger partial charge is 0.312 e. The van der Waals surface area contributed by atoms with Crippen molar-refractivity contribution in [2.24, 2.45) is 5.10 Å². The summed E-state index contributed by atoms with van der Waals surface area (Å²) < 4.78 is 0. The largest absolute Gasteiger partial charge is 0.502 e. The molecule has 7 nitrogen and oxygen atoms in total. The van der Waals surface area contributed by atoms with Crippen molar-refractivity contribution in [2.75, 3.05) is 5.43 Å². The van der Waals surface area contributed by atoms with Crippen molar-refractivity contribution in [1.29, 1.82) is 0 Å². The lowest BCUT2D eigenvalue weighted by atomic mass is 10.2. The minimum atomic E-state index is -0.718. The van der Waals surface area contributed by atoms with Gasteiger partial charge >= 0.3 is 5.69 Å². The molecule has 0 saturated carbocycles. The molecule has 20 heavy (non-hydrogen) atoms. The Morgan fingerprint density at radius 3 is 2.90 bits per heavy atom. The number of benzene rings is 1. The van der Waals surface area contributed by atoms with Crippen molar-refractivity contribution in [1.82, 2.24) is 4.98 Å². The number of halogens is 1. The molecule has 1 heterocycles. The first-order valence-electron chi connectivity index (χ1n) is 5.45. The zero-order chi connectivity index (χ0) is 14.5. The molecule has 0 bridgehead atoms. The van der Waals surface area contributed by atoms with Gasteiger partial charge in [0, 0.05) is 22.8 Å². The number of nitro groups is 1. The maximum atomic E-state index is 10.7. The van der Waals surface area contributed by atoms with E-state index in [4.69, 9.17) is 11.6 Å². The summed E-state index contributed by atoms with van der Waals surface area (Å²) in [5, 5.41) is 24.5. The Kier molecular flexibility index (Phi) is 4.11. The van der Waals surface area contributed by atoms with E-state index in [0.717, 1.165) is 6.07 Å². The van der Waals surface area contributed by atoms with Gasteiger partial charge in [-0.3, -0.25) is 15.5 Å². The zero-order valence-corrected chi connectivity index (χ0v) is 10.8. The summed E-state index contributed by atoms with van der Waals surface area (Å²) in [5.41, 5.74) is 2.28. The van der Waals surface area contributed by atoms with E-state index >= 15 is 0 Å². The Labute approximate surface area is 118 Å². The number of nitrogens with one attached hydrogen (secondary N) is 1. The number of nitrogens with zero attached hydrogens (tertiary/aromatic N) is 3. The molecule has 8 heteroatoms. The number of hydrogen-bond donors (Lipinski definition) is 2. The molecule has 0 amide bonds. The summed E-state index contributed by atoms with van der Waals surface area (Å²) in [7, 11) is 0. The highest BCUT2D eigenvalue weighted by Crippen LogP contribution is 2.32. The third-order valence-corrected chi connectivity index (χ3v) is 2.55. The fourth-order valence-corrected chi connectivity index (χ4v) is 1.66. The molecule has 2 N–H and O–H groups in total. The first-order chi connectivity index (χ1) is 9.58. The predicted octanol–water partition coefficient (Wildman–Crippen LogP) is 2.79. The third-order valence-electron chi connectivity index (χ3n) is 2.33. The van der Waals surface area contributed by atoms with Crippen LogP contribution in [0.15, 0.2) is 41.6 Å². The summed E-state index contributed by atoms with van der Waals surface area (Å²) in [6.07, 6.45) is 2.81. The van der Waals surface area contributed by atoms with Crippen molar-refractivity contribution < 1.29 is 10.0 Å². The zero-order valence-electron chi connectivity index (χ0n) is 10.0. The number of anilines is 1. The molecule has 0 radical (unpaired) electrons. The lowest BCUT2D eigenvalue weighted by Gasteiger charge is -2.02. The Morgan fingerprint density at radius 2 is 2.25 bits per heavy atom. The Hall–Kier alpha value is -2.67. The molecule has 1 aromatic carbocycles. The molecule has 2 rings (SSSR count). The predicted molar refractivity (Wildman–Crippen MR) is 75.2 cm³/mol. The number of pyridine rings is 1. The Bertz CT molecular complexity index is 661. The van der Waals surface area contributed by atoms with Crippen molar-refractivity contribution in [3.63, 3.8) is 0 Å². The van der Waals surface area contributed by atoms with Gasteiger partial charge in [0.2, 0.25) is 5.75 Å². The van der Waals surface area contributed by atoms with E-state index < -0.39 is 16.4 Å². The average Bonchev–Trinajstić information content (AvgIpc) is 2.43. The molecule has 0 fully saturated rings. The molecule has 102 valence electrons. The first-order valence-corrected chi connectivity index (χ1v) is 5.82. The second-order valence-electron chi connectivity index (χ2n) is 3.70. The summed E-state index contributed by atoms with van der Waals surface area (Å²) >= 11 is 5.75. The minimum absolute atomic E-state index is 0.132. The Morgan fingerprint density at radius 1 is 1.45 bits per heavy atom. The highest BCUT2D eigenvalue weighted by Gasteiger charge is 2.17. The molecule has 0 atom stereocenters. The van der Waals surface area contributed by atoms with E-state index in [9.17, 15) is 15.2 Å². The molecule has 0 aliphatic heterocycles. The second-order valence-corrected chi connectivity index (χ2v) is 4.14. The number of nitro benzene ring substituents is 1. The maximum Gasteiger partial charge on any atom is 0.312 e. The van der Waals surface area contributed by atoms with Crippen LogP contribution in [-0.2, 0) is 0 Å². The number of rotatable bonds is 4. The molecule has 0 aliphatic carbocycles. The van der Waals surface area contributed by atoms with Gasteiger partial charge < -0.3 is 5.11 Å². The van der Waals surface area contributed by atoms with Crippen LogP contribution in [0.2, 0.25) is 5.02 Å². The van der Waals surface area contributed by atoms with E-state index in [1.165, 1.54) is 12.3 Å². The number of aromatic hydroxyl groups is 1. The molecule has 0 spiro atoms. The van der Waals surface area contributed by atoms with Gasteiger partial charge in [-0.1, -0.05) is 17.7 Å². The average molecular weight is 293 g/mol. The van der Waals surface area contributed by atoms with Gasteiger partial charge in [0.15, 0.2) is 0 Å². The molecule has 0 unspecified atom stereocenters. The van der Waals surface area contributed by atoms with Gasteiger partial charge in [-0.25, -0.2) is 4.98 Å². The molecule has 2 aromatic rings. The van der Waals surface area contributed by atoms with Gasteiger partial charge in [-0.2, -0.15) is 5.10 Å². The summed E-state index contributed by atoms with van der Waals surface area (Å²) in [5.74, 6) is 0.00531. The molecule has 1 aromatic heterocycles. The van der Waals surface area contributed by atoms with Crippen molar-refractivity contribution in [3.05, 3.63) is 57.2 Å². The van der Waals surface area contributed by atoms with Gasteiger partial charge in [-0.05, 0) is 18.2 Å².